The van der Waals surface area contributed by atoms with E-state index in [1.165, 1.54) is 0 Å². The van der Waals surface area contributed by atoms with Crippen molar-refractivity contribution in [2.45, 2.75) is 18.4 Å². The Balaban J connectivity index is 1.53. The summed E-state index contributed by atoms with van der Waals surface area (Å²) in [6, 6.07) is 6.23. The monoisotopic (exact) mass is 439 g/mol. The summed E-state index contributed by atoms with van der Waals surface area (Å²) in [6.45, 7) is 0.204. The third-order valence-corrected chi connectivity index (χ3v) is 5.66. The Morgan fingerprint density at radius 1 is 1.25 bits per heavy atom. The van der Waals surface area contributed by atoms with Crippen molar-refractivity contribution in [2.75, 3.05) is 25.5 Å². The van der Waals surface area contributed by atoms with Crippen molar-refractivity contribution in [3.8, 4) is 28.3 Å². The minimum atomic E-state index is -2.84. The van der Waals surface area contributed by atoms with E-state index in [1.54, 1.807) is 36.3 Å². The molecular formula is C22H23F2N7O. The van der Waals surface area contributed by atoms with Crippen LogP contribution in [0.3, 0.4) is 0 Å². The summed E-state index contributed by atoms with van der Waals surface area (Å²) in [7, 11) is 3.47. The predicted molar refractivity (Wildman–Crippen MR) is 117 cm³/mol. The topological polar surface area (TPSA) is 81.3 Å². The molecule has 0 spiro atoms. The van der Waals surface area contributed by atoms with Crippen molar-refractivity contribution in [3.05, 3.63) is 49.1 Å². The first kappa shape index (κ1) is 20.4. The molecule has 8 nitrogen and oxygen atoms in total. The van der Waals surface area contributed by atoms with Gasteiger partial charge >= 0.3 is 0 Å². The molecule has 4 aromatic heterocycles. The van der Waals surface area contributed by atoms with Gasteiger partial charge in [0.15, 0.2) is 0 Å². The van der Waals surface area contributed by atoms with E-state index in [0.29, 0.717) is 35.9 Å². The van der Waals surface area contributed by atoms with Gasteiger partial charge in [-0.2, -0.15) is 5.10 Å². The molecule has 0 aromatic carbocycles. The average molecular weight is 439 g/mol. The number of methoxy groups -OCH3 is 1. The number of hydrogen-bond donors (Lipinski definition) is 2. The molecule has 1 aliphatic heterocycles. The summed E-state index contributed by atoms with van der Waals surface area (Å²) in [5.41, 5.74) is 3.82. The summed E-state index contributed by atoms with van der Waals surface area (Å²) in [5.74, 6) is -1.75. The van der Waals surface area contributed by atoms with E-state index in [0.717, 1.165) is 16.8 Å². The molecule has 1 atom stereocenters. The van der Waals surface area contributed by atoms with E-state index in [9.17, 15) is 8.78 Å². The van der Waals surface area contributed by atoms with Crippen molar-refractivity contribution in [1.29, 1.82) is 0 Å². The first-order valence-corrected chi connectivity index (χ1v) is 10.3. The van der Waals surface area contributed by atoms with Crippen LogP contribution in [-0.4, -0.2) is 56.3 Å². The van der Waals surface area contributed by atoms with Gasteiger partial charge in [-0.3, -0.25) is 9.08 Å². The molecule has 5 rings (SSSR count). The lowest BCUT2D eigenvalue weighted by molar-refractivity contribution is -0.0322. The van der Waals surface area contributed by atoms with Gasteiger partial charge in [0.2, 0.25) is 0 Å². The van der Waals surface area contributed by atoms with Crippen LogP contribution in [0.25, 0.3) is 28.2 Å². The van der Waals surface area contributed by atoms with E-state index in [1.807, 2.05) is 36.0 Å². The second kappa shape index (κ2) is 7.86. The van der Waals surface area contributed by atoms with Crippen molar-refractivity contribution in [1.82, 2.24) is 29.5 Å². The van der Waals surface area contributed by atoms with Gasteiger partial charge in [0, 0.05) is 36.6 Å². The van der Waals surface area contributed by atoms with Crippen LogP contribution in [0.15, 0.2) is 49.1 Å². The molecule has 1 fully saturated rings. The van der Waals surface area contributed by atoms with Crippen LogP contribution in [0.4, 0.5) is 14.6 Å². The fraction of sp³-hybridized carbons (Fsp3) is 0.318. The minimum Gasteiger partial charge on any atom is -0.496 e. The lowest BCUT2D eigenvalue weighted by atomic mass is 10.0. The molecule has 166 valence electrons. The first-order chi connectivity index (χ1) is 15.4. The van der Waals surface area contributed by atoms with Crippen LogP contribution in [0.2, 0.25) is 0 Å². The Morgan fingerprint density at radius 3 is 2.88 bits per heavy atom. The Hall–Kier alpha value is -3.53. The smallest absolute Gasteiger partial charge is 0.279 e. The number of imidazole rings is 1. The van der Waals surface area contributed by atoms with Crippen LogP contribution in [0.1, 0.15) is 6.42 Å². The van der Waals surface area contributed by atoms with E-state index in [-0.39, 0.29) is 6.54 Å². The number of aryl methyl sites for hydroxylation is 1. The Kier molecular flexibility index (Phi) is 5.01. The van der Waals surface area contributed by atoms with Crippen molar-refractivity contribution in [3.63, 3.8) is 0 Å². The molecule has 0 saturated carbocycles. The zero-order valence-corrected chi connectivity index (χ0v) is 17.7. The molecular weight excluding hydrogens is 416 g/mol. The number of nitrogens with one attached hydrogen (secondary N) is 2. The van der Waals surface area contributed by atoms with Gasteiger partial charge in [0.05, 0.1) is 43.5 Å². The highest BCUT2D eigenvalue weighted by Crippen LogP contribution is 2.33. The number of pyridine rings is 2. The number of anilines is 1. The lowest BCUT2D eigenvalue weighted by Gasteiger charge is -2.32. The Labute approximate surface area is 183 Å². The molecule has 1 saturated heterocycles. The van der Waals surface area contributed by atoms with Gasteiger partial charge in [-0.25, -0.2) is 18.7 Å². The number of halogens is 2. The maximum atomic E-state index is 14.2. The van der Waals surface area contributed by atoms with Crippen LogP contribution in [-0.2, 0) is 7.05 Å². The number of aromatic nitrogens is 5. The molecule has 10 heteroatoms. The number of fused-ring (bicyclic) bond motifs is 1. The standard InChI is InChI=1S/C22H23F2N7O/c1-30-11-14(9-27-30)15-12-31-17(10-26-21(31)8-18(15)32-2)16-4-3-5-20(28-16)29-19-6-7-25-13-22(19,23)24/h3-5,8-12,19,25H,6-7,13H2,1-2H3,(H,28,29). The quantitative estimate of drug-likeness (QED) is 0.497. The van der Waals surface area contributed by atoms with Gasteiger partial charge in [-0.05, 0) is 25.1 Å². The second-order valence-corrected chi connectivity index (χ2v) is 7.86. The zero-order valence-electron chi connectivity index (χ0n) is 17.7. The number of alkyl halides is 2. The van der Waals surface area contributed by atoms with E-state index in [4.69, 9.17) is 4.74 Å². The molecule has 4 aromatic rings. The lowest BCUT2D eigenvalue weighted by Crippen LogP contribution is -2.52. The van der Waals surface area contributed by atoms with Crippen molar-refractivity contribution < 1.29 is 13.5 Å². The maximum Gasteiger partial charge on any atom is 0.279 e. The normalized spacial score (nSPS) is 18.1. The van der Waals surface area contributed by atoms with Crippen LogP contribution >= 0.6 is 0 Å². The third kappa shape index (κ3) is 3.66. The van der Waals surface area contributed by atoms with Crippen molar-refractivity contribution >= 4 is 11.5 Å². The van der Waals surface area contributed by atoms with Gasteiger partial charge < -0.3 is 15.4 Å². The SMILES string of the molecule is COc1cc2ncc(-c3cccc(NC4CCNCC4(F)F)n3)n2cc1-c1cnn(C)c1. The molecule has 5 heterocycles. The fourth-order valence-electron chi connectivity index (χ4n) is 3.99. The zero-order chi connectivity index (χ0) is 22.3. The number of hydrogen-bond acceptors (Lipinski definition) is 6. The third-order valence-electron chi connectivity index (χ3n) is 5.66. The van der Waals surface area contributed by atoms with Gasteiger partial charge in [0.1, 0.15) is 17.2 Å². The Morgan fingerprint density at radius 2 is 2.12 bits per heavy atom. The summed E-state index contributed by atoms with van der Waals surface area (Å²) < 4.78 is 37.7. The highest BCUT2D eigenvalue weighted by atomic mass is 19.3. The molecule has 32 heavy (non-hydrogen) atoms. The average Bonchev–Trinajstić information content (AvgIpc) is 3.40. The highest BCUT2D eigenvalue weighted by molar-refractivity contribution is 5.73. The van der Waals surface area contributed by atoms with Crippen LogP contribution < -0.4 is 15.4 Å². The number of ether oxygens (including phenoxy) is 1. The van der Waals surface area contributed by atoms with E-state index < -0.39 is 12.0 Å². The molecule has 1 unspecified atom stereocenters. The summed E-state index contributed by atoms with van der Waals surface area (Å²) in [6.07, 6.45) is 7.64. The minimum absolute atomic E-state index is 0.322. The number of nitrogens with zero attached hydrogens (tertiary/aromatic N) is 5. The summed E-state index contributed by atoms with van der Waals surface area (Å²) in [5, 5.41) is 9.90. The first-order valence-electron chi connectivity index (χ1n) is 10.3. The summed E-state index contributed by atoms with van der Waals surface area (Å²) >= 11 is 0. The molecule has 0 bridgehead atoms. The second-order valence-electron chi connectivity index (χ2n) is 7.86. The molecule has 0 radical (unpaired) electrons. The Bertz CT molecular complexity index is 1270. The van der Waals surface area contributed by atoms with Gasteiger partial charge in [-0.15, -0.1) is 0 Å². The van der Waals surface area contributed by atoms with Crippen molar-refractivity contribution in [2.24, 2.45) is 7.05 Å². The van der Waals surface area contributed by atoms with Crippen LogP contribution in [0, 0.1) is 0 Å². The molecule has 2 N–H and O–H groups in total. The largest absolute Gasteiger partial charge is 0.496 e. The predicted octanol–water partition coefficient (Wildman–Crippen LogP) is 3.21. The van der Waals surface area contributed by atoms with Gasteiger partial charge in [-0.1, -0.05) is 6.07 Å². The maximum absolute atomic E-state index is 14.2. The van der Waals surface area contributed by atoms with Gasteiger partial charge in [0.25, 0.3) is 5.92 Å². The summed E-state index contributed by atoms with van der Waals surface area (Å²) in [4.78, 5) is 9.09. The van der Waals surface area contributed by atoms with Crippen LogP contribution in [0.5, 0.6) is 5.75 Å². The molecule has 0 amide bonds. The highest BCUT2D eigenvalue weighted by Gasteiger charge is 2.41. The number of piperidine rings is 1. The van der Waals surface area contributed by atoms with E-state index in [2.05, 4.69) is 25.7 Å². The molecule has 0 aliphatic carbocycles. The fourth-order valence-corrected chi connectivity index (χ4v) is 3.99. The number of rotatable bonds is 5. The van der Waals surface area contributed by atoms with E-state index >= 15 is 0 Å². The molecule has 1 aliphatic rings.